The summed E-state index contributed by atoms with van der Waals surface area (Å²) in [4.78, 5) is 6.32. The highest BCUT2D eigenvalue weighted by atomic mass is 15.2. The summed E-state index contributed by atoms with van der Waals surface area (Å²) in [5, 5.41) is 21.0. The molecule has 0 aromatic carbocycles. The first-order chi connectivity index (χ1) is 9.83. The van der Waals surface area contributed by atoms with Crippen LogP contribution in [0.25, 0.3) is 0 Å². The Bertz CT molecular complexity index is 354. The van der Waals surface area contributed by atoms with E-state index in [9.17, 15) is 0 Å². The van der Waals surface area contributed by atoms with Crippen molar-refractivity contribution in [2.45, 2.75) is 50.6 Å². The van der Waals surface area contributed by atoms with E-state index in [4.69, 9.17) is 10.5 Å². The molecule has 1 N–H and O–H groups in total. The fourth-order valence-corrected chi connectivity index (χ4v) is 2.94. The zero-order chi connectivity index (χ0) is 14.6. The molecule has 110 valence electrons. The summed E-state index contributed by atoms with van der Waals surface area (Å²) in [6.45, 7) is 6.68. The molecule has 20 heavy (non-hydrogen) atoms. The Hall–Kier alpha value is -1.43. The van der Waals surface area contributed by atoms with Crippen LogP contribution < -0.4 is 5.32 Å². The van der Waals surface area contributed by atoms with E-state index < -0.39 is 0 Å². The lowest BCUT2D eigenvalue weighted by atomic mass is 9.88. The van der Waals surface area contributed by atoms with Gasteiger partial charge in [0.25, 0.3) is 0 Å². The van der Waals surface area contributed by atoms with Crippen molar-refractivity contribution in [3.8, 4) is 12.1 Å². The Morgan fingerprint density at radius 2 is 1.90 bits per heavy atom. The summed E-state index contributed by atoms with van der Waals surface area (Å²) >= 11 is 0. The van der Waals surface area contributed by atoms with E-state index in [0.29, 0.717) is 31.5 Å². The molecule has 0 spiro atoms. The number of aliphatic imine (C=N–C) groups is 1. The van der Waals surface area contributed by atoms with Gasteiger partial charge in [-0.15, -0.1) is 0 Å². The maximum atomic E-state index is 8.81. The third kappa shape index (κ3) is 5.69. The van der Waals surface area contributed by atoms with Gasteiger partial charge in [0.2, 0.25) is 0 Å². The zero-order valence-electron chi connectivity index (χ0n) is 12.2. The molecule has 1 rings (SSSR count). The number of rotatable bonds is 9. The lowest BCUT2D eigenvalue weighted by Gasteiger charge is -2.40. The van der Waals surface area contributed by atoms with Crippen LogP contribution in [0.1, 0.15) is 38.5 Å². The molecule has 1 aliphatic carbocycles. The Labute approximate surface area is 122 Å². The predicted octanol–water partition coefficient (Wildman–Crippen LogP) is 1.72. The van der Waals surface area contributed by atoms with E-state index in [-0.39, 0.29) is 0 Å². The molecular formula is C15H25N5. The van der Waals surface area contributed by atoms with Gasteiger partial charge in [-0.3, -0.25) is 9.89 Å². The van der Waals surface area contributed by atoms with E-state index >= 15 is 0 Å². The number of nitrogens with one attached hydrogen (secondary N) is 1. The van der Waals surface area contributed by atoms with Crippen molar-refractivity contribution in [1.82, 2.24) is 10.2 Å². The second-order valence-corrected chi connectivity index (χ2v) is 5.21. The van der Waals surface area contributed by atoms with E-state index in [1.165, 1.54) is 12.8 Å². The van der Waals surface area contributed by atoms with Crippen molar-refractivity contribution in [1.29, 1.82) is 10.5 Å². The van der Waals surface area contributed by atoms with Crippen molar-refractivity contribution in [3.63, 3.8) is 0 Å². The van der Waals surface area contributed by atoms with Gasteiger partial charge in [0, 0.05) is 44.6 Å². The van der Waals surface area contributed by atoms with Gasteiger partial charge in [-0.05, 0) is 19.6 Å². The second-order valence-electron chi connectivity index (χ2n) is 5.21. The third-order valence-corrected chi connectivity index (χ3v) is 3.90. The molecule has 1 saturated carbocycles. The summed E-state index contributed by atoms with van der Waals surface area (Å²) in [7, 11) is 0. The molecule has 0 aromatic rings. The number of nitrogens with zero attached hydrogens (tertiary/aromatic N) is 4. The number of nitriles is 2. The number of hydrogen-bond acceptors (Lipinski definition) is 5. The van der Waals surface area contributed by atoms with Gasteiger partial charge in [-0.25, -0.2) is 0 Å². The molecule has 5 nitrogen and oxygen atoms in total. The van der Waals surface area contributed by atoms with Crippen LogP contribution in [-0.2, 0) is 0 Å². The molecule has 0 heterocycles. The smallest absolute Gasteiger partial charge is 0.0635 e. The molecule has 0 aliphatic heterocycles. The van der Waals surface area contributed by atoms with Crippen molar-refractivity contribution >= 4 is 6.72 Å². The second kappa shape index (κ2) is 10.4. The van der Waals surface area contributed by atoms with Gasteiger partial charge < -0.3 is 5.32 Å². The van der Waals surface area contributed by atoms with E-state index in [2.05, 4.69) is 34.1 Å². The highest BCUT2D eigenvalue weighted by molar-refractivity contribution is 5.23. The lowest BCUT2D eigenvalue weighted by molar-refractivity contribution is 0.127. The fraction of sp³-hybridized carbons (Fsp3) is 0.800. The van der Waals surface area contributed by atoms with Gasteiger partial charge in [-0.1, -0.05) is 12.8 Å². The van der Waals surface area contributed by atoms with Gasteiger partial charge in [0.15, 0.2) is 0 Å². The Balaban J connectivity index is 2.59. The molecular weight excluding hydrogens is 250 g/mol. The topological polar surface area (TPSA) is 75.2 Å². The normalized spacial score (nSPS) is 22.1. The highest BCUT2D eigenvalue weighted by Gasteiger charge is 2.29. The maximum absolute atomic E-state index is 8.81. The van der Waals surface area contributed by atoms with Gasteiger partial charge >= 0.3 is 0 Å². The number of hydrogen-bond donors (Lipinski definition) is 1. The monoisotopic (exact) mass is 275 g/mol. The largest absolute Gasteiger partial charge is 0.311 e. The van der Waals surface area contributed by atoms with Crippen LogP contribution in [0.15, 0.2) is 4.99 Å². The Kier molecular flexibility index (Phi) is 8.62. The van der Waals surface area contributed by atoms with Crippen LogP contribution in [0.3, 0.4) is 0 Å². The average Bonchev–Trinajstić information content (AvgIpc) is 2.48. The van der Waals surface area contributed by atoms with Crippen LogP contribution in [0.4, 0.5) is 0 Å². The minimum atomic E-state index is 0.431. The molecule has 1 fully saturated rings. The zero-order valence-corrected chi connectivity index (χ0v) is 12.2. The molecule has 2 unspecified atom stereocenters. The molecule has 1 aliphatic rings. The molecule has 0 aromatic heterocycles. The third-order valence-electron chi connectivity index (χ3n) is 3.90. The summed E-state index contributed by atoms with van der Waals surface area (Å²) in [5.41, 5.74) is 0. The van der Waals surface area contributed by atoms with Crippen molar-refractivity contribution < 1.29 is 0 Å². The van der Waals surface area contributed by atoms with E-state index in [1.54, 1.807) is 0 Å². The fourth-order valence-electron chi connectivity index (χ4n) is 2.94. The SMILES string of the molecule is C=NCCN(CCC#N)C1CCCCC1NCCC#N. The first-order valence-corrected chi connectivity index (χ1v) is 7.47. The molecule has 0 saturated heterocycles. The molecule has 2 atom stereocenters. The molecule has 0 bridgehead atoms. The molecule has 0 radical (unpaired) electrons. The van der Waals surface area contributed by atoms with Gasteiger partial charge in [0.1, 0.15) is 0 Å². The summed E-state index contributed by atoms with van der Waals surface area (Å²) in [6, 6.07) is 5.29. The quantitative estimate of drug-likeness (QED) is 0.513. The lowest BCUT2D eigenvalue weighted by Crippen LogP contribution is -2.52. The van der Waals surface area contributed by atoms with Crippen molar-refractivity contribution in [2.24, 2.45) is 4.99 Å². The minimum Gasteiger partial charge on any atom is -0.311 e. The summed E-state index contributed by atoms with van der Waals surface area (Å²) in [5.74, 6) is 0. The predicted molar refractivity (Wildman–Crippen MR) is 80.5 cm³/mol. The van der Waals surface area contributed by atoms with Crippen LogP contribution >= 0.6 is 0 Å². The summed E-state index contributed by atoms with van der Waals surface area (Å²) < 4.78 is 0. The molecule has 5 heteroatoms. The standard InChI is InChI=1S/C15H25N5/c1-18-11-13-20(12-5-9-17)15-7-3-2-6-14(15)19-10-4-8-16/h14-15,19H,1-7,10-13H2. The van der Waals surface area contributed by atoms with E-state index in [0.717, 1.165) is 32.5 Å². The first kappa shape index (κ1) is 16.6. The molecule has 0 amide bonds. The van der Waals surface area contributed by atoms with Crippen LogP contribution in [-0.4, -0.2) is 49.9 Å². The van der Waals surface area contributed by atoms with Crippen LogP contribution in [0.5, 0.6) is 0 Å². The van der Waals surface area contributed by atoms with Crippen LogP contribution in [0.2, 0.25) is 0 Å². The van der Waals surface area contributed by atoms with Crippen LogP contribution in [0, 0.1) is 22.7 Å². The maximum Gasteiger partial charge on any atom is 0.0635 e. The van der Waals surface area contributed by atoms with Gasteiger partial charge in [-0.2, -0.15) is 10.5 Å². The minimum absolute atomic E-state index is 0.431. The average molecular weight is 275 g/mol. The Morgan fingerprint density at radius 1 is 1.15 bits per heavy atom. The first-order valence-electron chi connectivity index (χ1n) is 7.47. The van der Waals surface area contributed by atoms with Crippen molar-refractivity contribution in [2.75, 3.05) is 26.2 Å². The highest BCUT2D eigenvalue weighted by Crippen LogP contribution is 2.23. The Morgan fingerprint density at radius 3 is 2.60 bits per heavy atom. The van der Waals surface area contributed by atoms with Crippen molar-refractivity contribution in [3.05, 3.63) is 0 Å². The van der Waals surface area contributed by atoms with Gasteiger partial charge in [0.05, 0.1) is 18.7 Å². The summed E-state index contributed by atoms with van der Waals surface area (Å²) in [6.07, 6.45) is 5.90. The van der Waals surface area contributed by atoms with E-state index in [1.807, 2.05) is 0 Å².